The van der Waals surface area contributed by atoms with Gasteiger partial charge in [0.25, 0.3) is 5.69 Å². The van der Waals surface area contributed by atoms with Crippen molar-refractivity contribution in [1.29, 1.82) is 0 Å². The monoisotopic (exact) mass is 217 g/mol. The summed E-state index contributed by atoms with van der Waals surface area (Å²) in [5, 5.41) is 10.4. The molecule has 16 heavy (non-hydrogen) atoms. The molecule has 2 rings (SSSR count). The first kappa shape index (κ1) is 10.1. The molecule has 0 N–H and O–H groups in total. The third kappa shape index (κ3) is 2.14. The van der Waals surface area contributed by atoms with Crippen molar-refractivity contribution in [2.45, 2.75) is 0 Å². The first-order chi connectivity index (χ1) is 7.65. The number of benzene rings is 1. The number of nitro benzene ring substituents is 1. The van der Waals surface area contributed by atoms with E-state index in [9.17, 15) is 14.9 Å². The molecular formula is C11H7NO4. The van der Waals surface area contributed by atoms with Crippen LogP contribution in [0.5, 0.6) is 0 Å². The first-order valence-corrected chi connectivity index (χ1v) is 4.51. The highest BCUT2D eigenvalue weighted by atomic mass is 16.6. The van der Waals surface area contributed by atoms with Crippen LogP contribution in [0.4, 0.5) is 5.69 Å². The largest absolute Gasteiger partial charge is 0.423 e. The van der Waals surface area contributed by atoms with Gasteiger partial charge in [-0.3, -0.25) is 10.1 Å². The standard InChI is InChI=1S/C11H7NO4/c13-11-6-5-10(16-11)7-8-1-3-9(4-2-8)12(14)15/h1-7H/b10-7-. The van der Waals surface area contributed by atoms with Crippen LogP contribution >= 0.6 is 0 Å². The molecular weight excluding hydrogens is 210 g/mol. The lowest BCUT2D eigenvalue weighted by Crippen LogP contribution is -1.90. The van der Waals surface area contributed by atoms with E-state index in [1.54, 1.807) is 24.3 Å². The molecule has 0 spiro atoms. The zero-order valence-electron chi connectivity index (χ0n) is 8.12. The predicted octanol–water partition coefficient (Wildman–Crippen LogP) is 2.05. The van der Waals surface area contributed by atoms with Gasteiger partial charge < -0.3 is 4.74 Å². The summed E-state index contributed by atoms with van der Waals surface area (Å²) in [6.07, 6.45) is 4.49. The van der Waals surface area contributed by atoms with Gasteiger partial charge in [0, 0.05) is 18.2 Å². The van der Waals surface area contributed by atoms with Crippen LogP contribution in [0, 0.1) is 10.1 Å². The Balaban J connectivity index is 2.20. The highest BCUT2D eigenvalue weighted by molar-refractivity contribution is 5.87. The van der Waals surface area contributed by atoms with Crippen molar-refractivity contribution in [1.82, 2.24) is 0 Å². The van der Waals surface area contributed by atoms with Crippen LogP contribution in [0.1, 0.15) is 5.56 Å². The van der Waals surface area contributed by atoms with Crippen LogP contribution in [-0.4, -0.2) is 10.9 Å². The minimum Gasteiger partial charge on any atom is -0.423 e. The minimum absolute atomic E-state index is 0.0288. The van der Waals surface area contributed by atoms with Crippen molar-refractivity contribution >= 4 is 17.7 Å². The highest BCUT2D eigenvalue weighted by Crippen LogP contribution is 2.17. The lowest BCUT2D eigenvalue weighted by Gasteiger charge is -1.96. The van der Waals surface area contributed by atoms with Gasteiger partial charge in [0.2, 0.25) is 0 Å². The fraction of sp³-hybridized carbons (Fsp3) is 0. The Morgan fingerprint density at radius 1 is 1.19 bits per heavy atom. The van der Waals surface area contributed by atoms with Crippen molar-refractivity contribution in [2.75, 3.05) is 0 Å². The SMILES string of the molecule is O=C1C=C/C(=C/c2ccc([N+](=O)[O-])cc2)O1. The van der Waals surface area contributed by atoms with E-state index in [-0.39, 0.29) is 5.69 Å². The van der Waals surface area contributed by atoms with Crippen LogP contribution < -0.4 is 0 Å². The molecule has 1 aliphatic heterocycles. The van der Waals surface area contributed by atoms with Gasteiger partial charge in [-0.1, -0.05) is 0 Å². The number of hydrogen-bond acceptors (Lipinski definition) is 4. The van der Waals surface area contributed by atoms with Crippen molar-refractivity contribution in [3.8, 4) is 0 Å². The molecule has 1 heterocycles. The minimum atomic E-state index is -0.466. The first-order valence-electron chi connectivity index (χ1n) is 4.51. The average molecular weight is 217 g/mol. The molecule has 0 saturated carbocycles. The molecule has 0 fully saturated rings. The molecule has 1 aromatic carbocycles. The number of esters is 1. The maximum atomic E-state index is 10.7. The van der Waals surface area contributed by atoms with E-state index in [0.717, 1.165) is 5.56 Å². The fourth-order valence-corrected chi connectivity index (χ4v) is 1.27. The van der Waals surface area contributed by atoms with Crippen LogP contribution in [-0.2, 0) is 9.53 Å². The topological polar surface area (TPSA) is 69.4 Å². The Bertz CT molecular complexity index is 499. The molecule has 0 atom stereocenters. The number of hydrogen-bond donors (Lipinski definition) is 0. The predicted molar refractivity (Wildman–Crippen MR) is 56.3 cm³/mol. The number of nitro groups is 1. The number of cyclic esters (lactones) is 1. The van der Waals surface area contributed by atoms with Crippen LogP contribution in [0.15, 0.2) is 42.2 Å². The Labute approximate surface area is 90.8 Å². The molecule has 0 aliphatic carbocycles. The second-order valence-electron chi connectivity index (χ2n) is 3.15. The van der Waals surface area contributed by atoms with E-state index in [1.807, 2.05) is 0 Å². The summed E-state index contributed by atoms with van der Waals surface area (Å²) in [4.78, 5) is 20.7. The second kappa shape index (κ2) is 3.98. The summed E-state index contributed by atoms with van der Waals surface area (Å²) in [5.74, 6) is 0.0204. The van der Waals surface area contributed by atoms with E-state index in [0.29, 0.717) is 5.76 Å². The van der Waals surface area contributed by atoms with Crippen LogP contribution in [0.2, 0.25) is 0 Å². The van der Waals surface area contributed by atoms with Crippen LogP contribution in [0.25, 0.3) is 6.08 Å². The molecule has 0 saturated heterocycles. The van der Waals surface area contributed by atoms with Gasteiger partial charge in [-0.05, 0) is 29.8 Å². The van der Waals surface area contributed by atoms with E-state index in [4.69, 9.17) is 4.74 Å². The molecule has 0 unspecified atom stereocenters. The Hall–Kier alpha value is -2.43. The maximum absolute atomic E-state index is 10.7. The molecule has 0 bridgehead atoms. The van der Waals surface area contributed by atoms with E-state index < -0.39 is 10.9 Å². The van der Waals surface area contributed by atoms with Crippen molar-refractivity contribution in [3.63, 3.8) is 0 Å². The zero-order chi connectivity index (χ0) is 11.5. The zero-order valence-corrected chi connectivity index (χ0v) is 8.12. The Kier molecular flexibility index (Phi) is 2.51. The van der Waals surface area contributed by atoms with Gasteiger partial charge in [0.1, 0.15) is 5.76 Å². The second-order valence-corrected chi connectivity index (χ2v) is 3.15. The number of rotatable bonds is 2. The molecule has 5 heteroatoms. The molecule has 1 aromatic rings. The van der Waals surface area contributed by atoms with Gasteiger partial charge >= 0.3 is 5.97 Å². The number of allylic oxidation sites excluding steroid dienone is 1. The average Bonchev–Trinajstić information content (AvgIpc) is 2.65. The molecule has 5 nitrogen and oxygen atoms in total. The van der Waals surface area contributed by atoms with E-state index in [1.165, 1.54) is 18.2 Å². The van der Waals surface area contributed by atoms with Crippen molar-refractivity contribution < 1.29 is 14.5 Å². The van der Waals surface area contributed by atoms with Gasteiger partial charge in [-0.2, -0.15) is 0 Å². The number of ether oxygens (including phenoxy) is 1. The van der Waals surface area contributed by atoms with Gasteiger partial charge in [-0.15, -0.1) is 0 Å². The lowest BCUT2D eigenvalue weighted by atomic mass is 10.2. The smallest absolute Gasteiger partial charge is 0.336 e. The van der Waals surface area contributed by atoms with Gasteiger partial charge in [0.05, 0.1) is 4.92 Å². The number of nitrogens with zero attached hydrogens (tertiary/aromatic N) is 1. The summed E-state index contributed by atoms with van der Waals surface area (Å²) < 4.78 is 4.82. The third-order valence-electron chi connectivity index (χ3n) is 2.01. The summed E-state index contributed by atoms with van der Waals surface area (Å²) in [6.45, 7) is 0. The van der Waals surface area contributed by atoms with Crippen molar-refractivity contribution in [3.05, 3.63) is 57.9 Å². The number of carbonyl (C=O) groups excluding carboxylic acids is 1. The Morgan fingerprint density at radius 3 is 2.38 bits per heavy atom. The maximum Gasteiger partial charge on any atom is 0.336 e. The summed E-state index contributed by atoms with van der Waals surface area (Å²) in [5.41, 5.74) is 0.765. The summed E-state index contributed by atoms with van der Waals surface area (Å²) in [7, 11) is 0. The fourth-order valence-electron chi connectivity index (χ4n) is 1.27. The number of non-ortho nitro benzene ring substituents is 1. The normalized spacial score (nSPS) is 16.5. The van der Waals surface area contributed by atoms with E-state index >= 15 is 0 Å². The van der Waals surface area contributed by atoms with Gasteiger partial charge in [0.15, 0.2) is 0 Å². The highest BCUT2D eigenvalue weighted by Gasteiger charge is 2.09. The van der Waals surface area contributed by atoms with Gasteiger partial charge in [-0.25, -0.2) is 4.79 Å². The Morgan fingerprint density at radius 2 is 1.88 bits per heavy atom. The van der Waals surface area contributed by atoms with E-state index in [2.05, 4.69) is 0 Å². The molecule has 80 valence electrons. The van der Waals surface area contributed by atoms with Crippen molar-refractivity contribution in [2.24, 2.45) is 0 Å². The summed E-state index contributed by atoms with van der Waals surface area (Å²) >= 11 is 0. The quantitative estimate of drug-likeness (QED) is 0.432. The third-order valence-corrected chi connectivity index (χ3v) is 2.01. The van der Waals surface area contributed by atoms with Crippen LogP contribution in [0.3, 0.4) is 0 Å². The molecule has 0 aromatic heterocycles. The molecule has 0 radical (unpaired) electrons. The number of carbonyl (C=O) groups is 1. The summed E-state index contributed by atoms with van der Waals surface area (Å²) in [6, 6.07) is 5.97. The molecule has 1 aliphatic rings. The lowest BCUT2D eigenvalue weighted by molar-refractivity contribution is -0.384. The molecule has 0 amide bonds.